The third kappa shape index (κ3) is 3.69. The molecule has 24 heavy (non-hydrogen) atoms. The lowest BCUT2D eigenvalue weighted by Crippen LogP contribution is -2.29. The van der Waals surface area contributed by atoms with Crippen molar-refractivity contribution in [3.8, 4) is 0 Å². The van der Waals surface area contributed by atoms with Crippen molar-refractivity contribution in [3.63, 3.8) is 0 Å². The fraction of sp³-hybridized carbons (Fsp3) is 0.500. The summed E-state index contributed by atoms with van der Waals surface area (Å²) < 4.78 is 0. The van der Waals surface area contributed by atoms with E-state index in [0.29, 0.717) is 18.0 Å². The second-order valence-electron chi connectivity index (χ2n) is 7.54. The van der Waals surface area contributed by atoms with Crippen LogP contribution in [0.3, 0.4) is 0 Å². The van der Waals surface area contributed by atoms with Gasteiger partial charge in [0.25, 0.3) is 5.91 Å². The zero-order chi connectivity index (χ0) is 18.1. The standard InChI is InChI=1S/C20H28N2O2/c1-13(2)11-16-17(20(16,3)4)19(24)22(6)12-14-7-9-15(10-8-14)18(23)21-5/h7-11,16-17H,12H2,1-6H3,(H,21,23). The molecule has 2 amide bonds. The van der Waals surface area contributed by atoms with E-state index in [0.717, 1.165) is 5.56 Å². The molecule has 1 saturated carbocycles. The zero-order valence-corrected chi connectivity index (χ0v) is 15.5. The average Bonchev–Trinajstić information content (AvgIpc) is 3.06. The van der Waals surface area contributed by atoms with Crippen LogP contribution in [0, 0.1) is 17.3 Å². The summed E-state index contributed by atoms with van der Waals surface area (Å²) in [7, 11) is 3.46. The number of nitrogens with zero attached hydrogens (tertiary/aromatic N) is 1. The van der Waals surface area contributed by atoms with Crippen LogP contribution in [0.15, 0.2) is 35.9 Å². The Kier molecular flexibility index (Phi) is 5.16. The van der Waals surface area contributed by atoms with E-state index in [1.165, 1.54) is 5.57 Å². The lowest BCUT2D eigenvalue weighted by Gasteiger charge is -2.18. The second kappa shape index (κ2) is 6.80. The molecular formula is C20H28N2O2. The largest absolute Gasteiger partial charge is 0.355 e. The molecule has 1 aliphatic rings. The van der Waals surface area contributed by atoms with Crippen molar-refractivity contribution >= 4 is 11.8 Å². The number of hydrogen-bond acceptors (Lipinski definition) is 2. The van der Waals surface area contributed by atoms with Gasteiger partial charge in [0, 0.05) is 26.2 Å². The second-order valence-corrected chi connectivity index (χ2v) is 7.54. The van der Waals surface area contributed by atoms with Gasteiger partial charge in [-0.05, 0) is 42.9 Å². The summed E-state index contributed by atoms with van der Waals surface area (Å²) in [4.78, 5) is 26.1. The summed E-state index contributed by atoms with van der Waals surface area (Å²) in [6, 6.07) is 7.39. The first kappa shape index (κ1) is 18.2. The van der Waals surface area contributed by atoms with Gasteiger partial charge in [-0.1, -0.05) is 37.6 Å². The number of carbonyl (C=O) groups is 2. The third-order valence-corrected chi connectivity index (χ3v) is 4.93. The van der Waals surface area contributed by atoms with Crippen LogP contribution in [0.2, 0.25) is 0 Å². The van der Waals surface area contributed by atoms with Crippen LogP contribution in [0.25, 0.3) is 0 Å². The summed E-state index contributed by atoms with van der Waals surface area (Å²) >= 11 is 0. The normalized spacial score (nSPS) is 20.9. The minimum Gasteiger partial charge on any atom is -0.355 e. The average molecular weight is 328 g/mol. The van der Waals surface area contributed by atoms with Crippen LogP contribution in [-0.4, -0.2) is 30.8 Å². The van der Waals surface area contributed by atoms with Gasteiger partial charge in [0.1, 0.15) is 0 Å². The van der Waals surface area contributed by atoms with Crippen molar-refractivity contribution in [1.29, 1.82) is 0 Å². The van der Waals surface area contributed by atoms with Crippen LogP contribution < -0.4 is 5.32 Å². The molecule has 0 aromatic heterocycles. The predicted molar refractivity (Wildman–Crippen MR) is 96.5 cm³/mol. The van der Waals surface area contributed by atoms with Gasteiger partial charge < -0.3 is 10.2 Å². The van der Waals surface area contributed by atoms with Crippen LogP contribution >= 0.6 is 0 Å². The molecule has 4 nitrogen and oxygen atoms in total. The fourth-order valence-corrected chi connectivity index (χ4v) is 3.31. The lowest BCUT2D eigenvalue weighted by atomic mass is 10.1. The van der Waals surface area contributed by atoms with Gasteiger partial charge in [-0.2, -0.15) is 0 Å². The van der Waals surface area contributed by atoms with Gasteiger partial charge in [-0.15, -0.1) is 0 Å². The van der Waals surface area contributed by atoms with Crippen molar-refractivity contribution in [2.45, 2.75) is 34.2 Å². The molecule has 1 aromatic carbocycles. The Balaban J connectivity index is 2.02. The van der Waals surface area contributed by atoms with Crippen LogP contribution in [0.5, 0.6) is 0 Å². The first-order valence-corrected chi connectivity index (χ1v) is 8.39. The highest BCUT2D eigenvalue weighted by molar-refractivity contribution is 5.94. The van der Waals surface area contributed by atoms with Crippen molar-refractivity contribution in [2.24, 2.45) is 17.3 Å². The molecule has 0 spiro atoms. The summed E-state index contributed by atoms with van der Waals surface area (Å²) in [5, 5.41) is 2.60. The monoisotopic (exact) mass is 328 g/mol. The van der Waals surface area contributed by atoms with E-state index in [1.807, 2.05) is 19.2 Å². The quantitative estimate of drug-likeness (QED) is 0.844. The van der Waals surface area contributed by atoms with Crippen molar-refractivity contribution < 1.29 is 9.59 Å². The SMILES string of the molecule is CNC(=O)c1ccc(CN(C)C(=O)C2C(C=C(C)C)C2(C)C)cc1. The molecule has 4 heteroatoms. The van der Waals surface area contributed by atoms with Gasteiger partial charge in [0.05, 0.1) is 5.92 Å². The number of allylic oxidation sites excluding steroid dienone is 2. The lowest BCUT2D eigenvalue weighted by molar-refractivity contribution is -0.132. The Labute approximate surface area is 144 Å². The van der Waals surface area contributed by atoms with E-state index in [-0.39, 0.29) is 23.1 Å². The van der Waals surface area contributed by atoms with Crippen molar-refractivity contribution in [2.75, 3.05) is 14.1 Å². The number of amides is 2. The summed E-state index contributed by atoms with van der Waals surface area (Å²) in [5.74, 6) is 0.476. The highest BCUT2D eigenvalue weighted by atomic mass is 16.2. The maximum atomic E-state index is 12.8. The van der Waals surface area contributed by atoms with Gasteiger partial charge in [-0.25, -0.2) is 0 Å². The molecule has 2 atom stereocenters. The maximum Gasteiger partial charge on any atom is 0.251 e. The van der Waals surface area contributed by atoms with Crippen LogP contribution in [0.4, 0.5) is 0 Å². The van der Waals surface area contributed by atoms with E-state index in [2.05, 4.69) is 39.1 Å². The molecule has 2 unspecified atom stereocenters. The topological polar surface area (TPSA) is 49.4 Å². The summed E-state index contributed by atoms with van der Waals surface area (Å²) in [5.41, 5.74) is 2.94. The Morgan fingerprint density at radius 2 is 1.79 bits per heavy atom. The smallest absolute Gasteiger partial charge is 0.251 e. The molecule has 0 aliphatic heterocycles. The molecule has 2 rings (SSSR count). The van der Waals surface area contributed by atoms with Gasteiger partial charge >= 0.3 is 0 Å². The molecule has 0 saturated heterocycles. The van der Waals surface area contributed by atoms with Gasteiger partial charge in [0.2, 0.25) is 5.91 Å². The highest BCUT2D eigenvalue weighted by Gasteiger charge is 2.60. The minimum absolute atomic E-state index is 0.0334. The van der Waals surface area contributed by atoms with E-state index in [4.69, 9.17) is 0 Å². The Morgan fingerprint density at radius 3 is 2.29 bits per heavy atom. The van der Waals surface area contributed by atoms with Gasteiger partial charge in [-0.3, -0.25) is 9.59 Å². The minimum atomic E-state index is -0.102. The summed E-state index contributed by atoms with van der Waals surface area (Å²) in [6.07, 6.45) is 2.22. The first-order chi connectivity index (χ1) is 11.2. The number of hydrogen-bond donors (Lipinski definition) is 1. The summed E-state index contributed by atoms with van der Waals surface area (Å²) in [6.45, 7) is 9.03. The molecule has 1 N–H and O–H groups in total. The molecule has 0 bridgehead atoms. The Bertz CT molecular complexity index is 655. The van der Waals surface area contributed by atoms with E-state index in [9.17, 15) is 9.59 Å². The van der Waals surface area contributed by atoms with Crippen molar-refractivity contribution in [3.05, 3.63) is 47.0 Å². The first-order valence-electron chi connectivity index (χ1n) is 8.39. The molecule has 1 aromatic rings. The molecule has 0 heterocycles. The number of nitrogens with one attached hydrogen (secondary N) is 1. The van der Waals surface area contributed by atoms with Crippen LogP contribution in [0.1, 0.15) is 43.6 Å². The Morgan fingerprint density at radius 1 is 1.21 bits per heavy atom. The molecule has 1 aliphatic carbocycles. The maximum absolute atomic E-state index is 12.8. The molecule has 0 radical (unpaired) electrons. The van der Waals surface area contributed by atoms with E-state index >= 15 is 0 Å². The zero-order valence-electron chi connectivity index (χ0n) is 15.5. The van der Waals surface area contributed by atoms with Gasteiger partial charge in [0.15, 0.2) is 0 Å². The van der Waals surface area contributed by atoms with E-state index < -0.39 is 0 Å². The number of carbonyl (C=O) groups excluding carboxylic acids is 2. The predicted octanol–water partition coefficient (Wildman–Crippen LogP) is 3.24. The fourth-order valence-electron chi connectivity index (χ4n) is 3.31. The van der Waals surface area contributed by atoms with Crippen molar-refractivity contribution in [1.82, 2.24) is 10.2 Å². The number of benzene rings is 1. The molecule has 1 fully saturated rings. The van der Waals surface area contributed by atoms with E-state index in [1.54, 1.807) is 24.1 Å². The number of rotatable bonds is 5. The highest BCUT2D eigenvalue weighted by Crippen LogP contribution is 2.60. The Hall–Kier alpha value is -2.10. The third-order valence-electron chi connectivity index (χ3n) is 4.93. The van der Waals surface area contributed by atoms with Crippen LogP contribution in [-0.2, 0) is 11.3 Å². The molecule has 130 valence electrons. The molecular weight excluding hydrogens is 300 g/mol.